The van der Waals surface area contributed by atoms with Crippen molar-refractivity contribution in [2.75, 3.05) is 6.61 Å². The van der Waals surface area contributed by atoms with Crippen LogP contribution in [0, 0.1) is 6.92 Å². The summed E-state index contributed by atoms with van der Waals surface area (Å²) in [6.45, 7) is 4.66. The lowest BCUT2D eigenvalue weighted by Crippen LogP contribution is -1.92. The molecule has 0 saturated heterocycles. The van der Waals surface area contributed by atoms with Crippen LogP contribution < -0.4 is 9.47 Å². The molecule has 0 saturated carbocycles. The van der Waals surface area contributed by atoms with E-state index in [1.807, 2.05) is 56.3 Å². The number of ether oxygens (including phenoxy) is 2. The third-order valence-electron chi connectivity index (χ3n) is 2.72. The first-order valence-corrected chi connectivity index (χ1v) is 6.82. The summed E-state index contributed by atoms with van der Waals surface area (Å²) in [7, 11) is 0. The third kappa shape index (κ3) is 3.65. The maximum atomic E-state index is 5.94. The van der Waals surface area contributed by atoms with E-state index in [0.717, 1.165) is 22.8 Å². The molecule has 0 spiro atoms. The van der Waals surface area contributed by atoms with Gasteiger partial charge in [0, 0.05) is 5.56 Å². The molecule has 0 aromatic heterocycles. The van der Waals surface area contributed by atoms with Gasteiger partial charge in [0.2, 0.25) is 0 Å². The summed E-state index contributed by atoms with van der Waals surface area (Å²) in [5.41, 5.74) is 2.17. The highest BCUT2D eigenvalue weighted by atomic mass is 35.5. The predicted octanol–water partition coefficient (Wildman–Crippen LogP) is 4.92. The van der Waals surface area contributed by atoms with Crippen molar-refractivity contribution in [3.63, 3.8) is 0 Å². The summed E-state index contributed by atoms with van der Waals surface area (Å²) >= 11 is 5.94. The van der Waals surface area contributed by atoms with Crippen molar-refractivity contribution in [2.45, 2.75) is 19.7 Å². The van der Waals surface area contributed by atoms with E-state index >= 15 is 0 Å². The van der Waals surface area contributed by atoms with Crippen LogP contribution in [-0.4, -0.2) is 6.61 Å². The van der Waals surface area contributed by atoms with Gasteiger partial charge in [-0.3, -0.25) is 0 Å². The quantitative estimate of drug-likeness (QED) is 0.721. The smallest absolute Gasteiger partial charge is 0.131 e. The average molecular weight is 277 g/mol. The van der Waals surface area contributed by atoms with Gasteiger partial charge in [-0.05, 0) is 44.2 Å². The summed E-state index contributed by atoms with van der Waals surface area (Å²) in [4.78, 5) is 0. The highest BCUT2D eigenvalue weighted by Crippen LogP contribution is 2.28. The van der Waals surface area contributed by atoms with E-state index < -0.39 is 0 Å². The number of alkyl halides is 1. The molecule has 0 aliphatic heterocycles. The normalized spacial score (nSPS) is 10.3. The average Bonchev–Trinajstić information content (AvgIpc) is 2.43. The lowest BCUT2D eigenvalue weighted by atomic mass is 10.1. The second-order valence-electron chi connectivity index (χ2n) is 4.25. The molecule has 2 rings (SSSR count). The van der Waals surface area contributed by atoms with E-state index in [0.29, 0.717) is 12.5 Å². The van der Waals surface area contributed by atoms with Crippen LogP contribution in [0.15, 0.2) is 42.5 Å². The van der Waals surface area contributed by atoms with Gasteiger partial charge in [0.15, 0.2) is 0 Å². The van der Waals surface area contributed by atoms with Crippen LogP contribution in [0.2, 0.25) is 0 Å². The monoisotopic (exact) mass is 276 g/mol. The van der Waals surface area contributed by atoms with Crippen LogP contribution in [0.5, 0.6) is 17.2 Å². The van der Waals surface area contributed by atoms with Crippen molar-refractivity contribution in [3.8, 4) is 17.2 Å². The van der Waals surface area contributed by atoms with E-state index in [1.165, 1.54) is 5.56 Å². The highest BCUT2D eigenvalue weighted by molar-refractivity contribution is 6.17. The second-order valence-corrected chi connectivity index (χ2v) is 4.52. The van der Waals surface area contributed by atoms with Crippen LogP contribution in [0.1, 0.15) is 18.1 Å². The van der Waals surface area contributed by atoms with Gasteiger partial charge in [-0.15, -0.1) is 11.6 Å². The van der Waals surface area contributed by atoms with Crippen LogP contribution >= 0.6 is 11.6 Å². The Labute approximate surface area is 118 Å². The molecule has 0 unspecified atom stereocenters. The first-order valence-electron chi connectivity index (χ1n) is 6.29. The Bertz CT molecular complexity index is 535. The van der Waals surface area contributed by atoms with Crippen molar-refractivity contribution in [2.24, 2.45) is 0 Å². The van der Waals surface area contributed by atoms with E-state index in [4.69, 9.17) is 21.1 Å². The molecule has 0 heterocycles. The van der Waals surface area contributed by atoms with E-state index in [2.05, 4.69) is 0 Å². The fourth-order valence-electron chi connectivity index (χ4n) is 1.81. The lowest BCUT2D eigenvalue weighted by Gasteiger charge is -2.11. The van der Waals surface area contributed by atoms with Gasteiger partial charge >= 0.3 is 0 Å². The molecule has 0 bridgehead atoms. The molecular weight excluding hydrogens is 260 g/mol. The van der Waals surface area contributed by atoms with Gasteiger partial charge in [-0.2, -0.15) is 0 Å². The molecular formula is C16H17ClO2. The number of rotatable bonds is 5. The Morgan fingerprint density at radius 2 is 1.68 bits per heavy atom. The minimum atomic E-state index is 0.439. The standard InChI is InChI=1S/C16H17ClO2/c1-3-18-14-5-7-15(8-6-14)19-16-9-4-12(2)10-13(16)11-17/h4-10H,3,11H2,1-2H3. The molecule has 3 heteroatoms. The fraction of sp³-hybridized carbons (Fsp3) is 0.250. The molecule has 0 radical (unpaired) electrons. The van der Waals surface area contributed by atoms with E-state index in [9.17, 15) is 0 Å². The largest absolute Gasteiger partial charge is 0.494 e. The van der Waals surface area contributed by atoms with Gasteiger partial charge < -0.3 is 9.47 Å². The number of benzene rings is 2. The Morgan fingerprint density at radius 3 is 2.32 bits per heavy atom. The molecule has 19 heavy (non-hydrogen) atoms. The Morgan fingerprint density at radius 1 is 1.00 bits per heavy atom. The SMILES string of the molecule is CCOc1ccc(Oc2ccc(C)cc2CCl)cc1. The lowest BCUT2D eigenvalue weighted by molar-refractivity contribution is 0.339. The summed E-state index contributed by atoms with van der Waals surface area (Å²) in [5, 5.41) is 0. The topological polar surface area (TPSA) is 18.5 Å². The highest BCUT2D eigenvalue weighted by Gasteiger charge is 2.05. The zero-order valence-corrected chi connectivity index (χ0v) is 11.9. The van der Waals surface area contributed by atoms with E-state index in [1.54, 1.807) is 0 Å². The molecule has 0 aliphatic rings. The molecule has 100 valence electrons. The number of hydrogen-bond acceptors (Lipinski definition) is 2. The number of hydrogen-bond donors (Lipinski definition) is 0. The van der Waals surface area contributed by atoms with Gasteiger partial charge in [-0.1, -0.05) is 17.7 Å². The maximum Gasteiger partial charge on any atom is 0.131 e. The fourth-order valence-corrected chi connectivity index (χ4v) is 2.02. The molecule has 0 N–H and O–H groups in total. The zero-order chi connectivity index (χ0) is 13.7. The molecule has 0 amide bonds. The minimum absolute atomic E-state index is 0.439. The Kier molecular flexibility index (Phi) is 4.69. The Hall–Kier alpha value is -1.67. The molecule has 0 aliphatic carbocycles. The van der Waals surface area contributed by atoms with Crippen molar-refractivity contribution in [3.05, 3.63) is 53.6 Å². The summed E-state index contributed by atoms with van der Waals surface area (Å²) in [6, 6.07) is 13.6. The first kappa shape index (κ1) is 13.8. The zero-order valence-electron chi connectivity index (χ0n) is 11.2. The summed E-state index contributed by atoms with van der Waals surface area (Å²) in [5.74, 6) is 2.85. The molecule has 2 aromatic rings. The van der Waals surface area contributed by atoms with Crippen molar-refractivity contribution in [1.82, 2.24) is 0 Å². The third-order valence-corrected chi connectivity index (χ3v) is 3.01. The Balaban J connectivity index is 2.16. The van der Waals surface area contributed by atoms with Crippen LogP contribution in [-0.2, 0) is 5.88 Å². The van der Waals surface area contributed by atoms with Crippen molar-refractivity contribution in [1.29, 1.82) is 0 Å². The van der Waals surface area contributed by atoms with Crippen LogP contribution in [0.3, 0.4) is 0 Å². The van der Waals surface area contributed by atoms with Crippen LogP contribution in [0.4, 0.5) is 0 Å². The summed E-state index contributed by atoms with van der Waals surface area (Å²) < 4.78 is 11.2. The summed E-state index contributed by atoms with van der Waals surface area (Å²) in [6.07, 6.45) is 0. The molecule has 2 aromatic carbocycles. The van der Waals surface area contributed by atoms with Crippen molar-refractivity contribution < 1.29 is 9.47 Å². The molecule has 0 fully saturated rings. The van der Waals surface area contributed by atoms with E-state index in [-0.39, 0.29) is 0 Å². The van der Waals surface area contributed by atoms with Gasteiger partial charge in [0.05, 0.1) is 12.5 Å². The van der Waals surface area contributed by atoms with Crippen molar-refractivity contribution >= 4 is 11.6 Å². The first-order chi connectivity index (χ1) is 9.22. The second kappa shape index (κ2) is 6.48. The van der Waals surface area contributed by atoms with Gasteiger partial charge in [0.1, 0.15) is 17.2 Å². The molecule has 0 atom stereocenters. The van der Waals surface area contributed by atoms with Gasteiger partial charge in [-0.25, -0.2) is 0 Å². The molecule has 2 nitrogen and oxygen atoms in total. The minimum Gasteiger partial charge on any atom is -0.494 e. The predicted molar refractivity (Wildman–Crippen MR) is 78.4 cm³/mol. The number of halogens is 1. The number of aryl methyl sites for hydroxylation is 1. The van der Waals surface area contributed by atoms with Gasteiger partial charge in [0.25, 0.3) is 0 Å². The maximum absolute atomic E-state index is 5.94. The van der Waals surface area contributed by atoms with Crippen LogP contribution in [0.25, 0.3) is 0 Å².